The highest BCUT2D eigenvalue weighted by Gasteiger charge is 1.59. The standard InChI is InChI=1S/C3H3NS.2ClH/c1-2-5-3-4-1;;/h1-3H;2*1H. The van der Waals surface area contributed by atoms with Gasteiger partial charge in [0.1, 0.15) is 0 Å². The fraction of sp³-hybridized carbons (Fsp3) is 0. The van der Waals surface area contributed by atoms with Gasteiger partial charge < -0.3 is 0 Å². The first-order valence-electron chi connectivity index (χ1n) is 1.32. The Kier molecular flexibility index (Phi) is 9.09. The molecule has 0 amide bonds. The summed E-state index contributed by atoms with van der Waals surface area (Å²) in [6, 6.07) is 0. The van der Waals surface area contributed by atoms with E-state index in [9.17, 15) is 0 Å². The molecule has 0 aliphatic rings. The molecule has 0 saturated carbocycles. The third kappa shape index (κ3) is 4.05. The monoisotopic (exact) mass is 157 g/mol. The molecule has 0 bridgehead atoms. The zero-order valence-corrected chi connectivity index (χ0v) is 5.85. The summed E-state index contributed by atoms with van der Waals surface area (Å²) in [6.07, 6.45) is 1.77. The van der Waals surface area contributed by atoms with Crippen molar-refractivity contribution in [2.75, 3.05) is 0 Å². The predicted octanol–water partition coefficient (Wildman–Crippen LogP) is 1.99. The van der Waals surface area contributed by atoms with E-state index < -0.39 is 0 Å². The summed E-state index contributed by atoms with van der Waals surface area (Å²) in [5.41, 5.74) is 1.79. The van der Waals surface area contributed by atoms with Gasteiger partial charge in [0.15, 0.2) is 0 Å². The average Bonchev–Trinajstić information content (AvgIpc) is 1.76. The maximum Gasteiger partial charge on any atom is 0.0791 e. The summed E-state index contributed by atoms with van der Waals surface area (Å²) in [7, 11) is 0. The van der Waals surface area contributed by atoms with Gasteiger partial charge in [0.25, 0.3) is 0 Å². The van der Waals surface area contributed by atoms with Crippen LogP contribution in [0.2, 0.25) is 0 Å². The van der Waals surface area contributed by atoms with Crippen LogP contribution in [-0.4, -0.2) is 4.98 Å². The van der Waals surface area contributed by atoms with Crippen molar-refractivity contribution in [3.63, 3.8) is 0 Å². The average molecular weight is 158 g/mol. The van der Waals surface area contributed by atoms with Crippen LogP contribution in [-0.2, 0) is 0 Å². The third-order valence-corrected chi connectivity index (χ3v) is 0.869. The Balaban J connectivity index is 0. The van der Waals surface area contributed by atoms with Crippen LogP contribution < -0.4 is 0 Å². The second-order valence-corrected chi connectivity index (χ2v) is 1.43. The second kappa shape index (κ2) is 6.21. The minimum Gasteiger partial charge on any atom is -0.253 e. The van der Waals surface area contributed by atoms with Crippen LogP contribution in [0.5, 0.6) is 0 Å². The number of nitrogens with zero attached hydrogens (tertiary/aromatic N) is 1. The predicted molar refractivity (Wildman–Crippen MR) is 36.6 cm³/mol. The largest absolute Gasteiger partial charge is 0.253 e. The van der Waals surface area contributed by atoms with Gasteiger partial charge in [-0.15, -0.1) is 36.2 Å². The molecular formula is C3H5Cl2NS. The van der Waals surface area contributed by atoms with E-state index in [2.05, 4.69) is 4.98 Å². The first-order chi connectivity index (χ1) is 2.50. The Hall–Kier alpha value is 0.210. The van der Waals surface area contributed by atoms with Gasteiger partial charge in [0.2, 0.25) is 0 Å². The Morgan fingerprint density at radius 1 is 1.29 bits per heavy atom. The molecule has 0 saturated heterocycles. The molecule has 0 fully saturated rings. The molecule has 1 nitrogen and oxygen atoms in total. The quantitative estimate of drug-likeness (QED) is 0.562. The fourth-order valence-corrected chi connectivity index (χ4v) is 0.527. The first kappa shape index (κ1) is 10.2. The highest BCUT2D eigenvalue weighted by atomic mass is 35.5. The van der Waals surface area contributed by atoms with Crippen LogP contribution in [0.15, 0.2) is 17.1 Å². The van der Waals surface area contributed by atoms with E-state index in [1.165, 1.54) is 0 Å². The van der Waals surface area contributed by atoms with E-state index >= 15 is 0 Å². The van der Waals surface area contributed by atoms with Crippen LogP contribution in [0.25, 0.3) is 0 Å². The fourth-order valence-electron chi connectivity index (χ4n) is 0.176. The van der Waals surface area contributed by atoms with E-state index in [-0.39, 0.29) is 24.8 Å². The Labute approximate surface area is 58.6 Å². The number of aromatic nitrogens is 1. The molecule has 0 aliphatic heterocycles. The summed E-state index contributed by atoms with van der Waals surface area (Å²) < 4.78 is 0. The summed E-state index contributed by atoms with van der Waals surface area (Å²) in [5, 5.41) is 1.93. The summed E-state index contributed by atoms with van der Waals surface area (Å²) >= 11 is 1.60. The highest BCUT2D eigenvalue weighted by Crippen LogP contribution is 1.85. The zero-order valence-electron chi connectivity index (χ0n) is 3.40. The van der Waals surface area contributed by atoms with Crippen molar-refractivity contribution in [3.05, 3.63) is 17.1 Å². The molecule has 4 heteroatoms. The van der Waals surface area contributed by atoms with Crippen molar-refractivity contribution in [2.45, 2.75) is 0 Å². The summed E-state index contributed by atoms with van der Waals surface area (Å²) in [4.78, 5) is 3.74. The number of rotatable bonds is 0. The van der Waals surface area contributed by atoms with Gasteiger partial charge in [-0.3, -0.25) is 4.98 Å². The van der Waals surface area contributed by atoms with Crippen LogP contribution in [0.1, 0.15) is 0 Å². The van der Waals surface area contributed by atoms with Crippen molar-refractivity contribution >= 4 is 36.2 Å². The van der Waals surface area contributed by atoms with Gasteiger partial charge in [-0.2, -0.15) is 0 Å². The van der Waals surface area contributed by atoms with Crippen LogP contribution >= 0.6 is 36.2 Å². The minimum absolute atomic E-state index is 0. The molecule has 42 valence electrons. The molecule has 0 aromatic carbocycles. The van der Waals surface area contributed by atoms with E-state index in [1.54, 1.807) is 23.0 Å². The van der Waals surface area contributed by atoms with E-state index in [0.717, 1.165) is 0 Å². The van der Waals surface area contributed by atoms with Crippen LogP contribution in [0, 0.1) is 0 Å². The molecule has 0 N–H and O–H groups in total. The van der Waals surface area contributed by atoms with Gasteiger partial charge in [-0.1, -0.05) is 0 Å². The Morgan fingerprint density at radius 3 is 2.14 bits per heavy atom. The summed E-state index contributed by atoms with van der Waals surface area (Å²) in [5.74, 6) is 0. The normalized spacial score (nSPS) is 5.71. The molecule has 1 heterocycles. The smallest absolute Gasteiger partial charge is 0.0791 e. The molecular weight excluding hydrogens is 153 g/mol. The molecule has 0 atom stereocenters. The third-order valence-electron chi connectivity index (χ3n) is 0.347. The lowest BCUT2D eigenvalue weighted by Crippen LogP contribution is -1.38. The SMILES string of the molecule is Cl.Cl.c1cscn1. The molecule has 0 unspecified atom stereocenters. The van der Waals surface area contributed by atoms with E-state index in [4.69, 9.17) is 0 Å². The topological polar surface area (TPSA) is 12.9 Å². The Morgan fingerprint density at radius 2 is 2.00 bits per heavy atom. The van der Waals surface area contributed by atoms with Crippen molar-refractivity contribution in [1.29, 1.82) is 0 Å². The lowest BCUT2D eigenvalue weighted by molar-refractivity contribution is 1.43. The second-order valence-electron chi connectivity index (χ2n) is 0.676. The number of hydrogen-bond donors (Lipinski definition) is 0. The van der Waals surface area contributed by atoms with Gasteiger partial charge >= 0.3 is 0 Å². The molecule has 1 aromatic rings. The molecule has 0 radical (unpaired) electrons. The van der Waals surface area contributed by atoms with Crippen LogP contribution in [0.4, 0.5) is 0 Å². The maximum atomic E-state index is 3.74. The van der Waals surface area contributed by atoms with Crippen molar-refractivity contribution in [3.8, 4) is 0 Å². The number of halogens is 2. The maximum absolute atomic E-state index is 3.74. The highest BCUT2D eigenvalue weighted by molar-refractivity contribution is 7.07. The first-order valence-corrected chi connectivity index (χ1v) is 2.26. The Bertz CT molecular complexity index is 69.4. The molecule has 7 heavy (non-hydrogen) atoms. The van der Waals surface area contributed by atoms with Crippen molar-refractivity contribution in [1.82, 2.24) is 4.98 Å². The van der Waals surface area contributed by atoms with E-state index in [0.29, 0.717) is 0 Å². The van der Waals surface area contributed by atoms with Gasteiger partial charge in [0, 0.05) is 11.6 Å². The van der Waals surface area contributed by atoms with Gasteiger partial charge in [-0.25, -0.2) is 0 Å². The number of thiazole rings is 1. The van der Waals surface area contributed by atoms with Crippen LogP contribution in [0.3, 0.4) is 0 Å². The van der Waals surface area contributed by atoms with Crippen molar-refractivity contribution in [2.24, 2.45) is 0 Å². The lowest BCUT2D eigenvalue weighted by Gasteiger charge is -1.41. The van der Waals surface area contributed by atoms with Gasteiger partial charge in [-0.05, 0) is 0 Å². The molecule has 0 aliphatic carbocycles. The van der Waals surface area contributed by atoms with E-state index in [1.807, 2.05) is 5.38 Å². The molecule has 1 rings (SSSR count). The minimum atomic E-state index is 0. The molecule has 0 spiro atoms. The van der Waals surface area contributed by atoms with Crippen molar-refractivity contribution < 1.29 is 0 Å². The van der Waals surface area contributed by atoms with Gasteiger partial charge in [0.05, 0.1) is 5.51 Å². The number of hydrogen-bond acceptors (Lipinski definition) is 2. The summed E-state index contributed by atoms with van der Waals surface area (Å²) in [6.45, 7) is 0. The zero-order chi connectivity index (χ0) is 3.54. The molecule has 1 aromatic heterocycles. The lowest BCUT2D eigenvalue weighted by atomic mass is 11.0.